The van der Waals surface area contributed by atoms with Crippen molar-refractivity contribution in [3.63, 3.8) is 0 Å². The molecular formula is C20H23N3O6. The molecule has 0 radical (unpaired) electrons. The molecule has 0 spiro atoms. The number of ether oxygens (including phenoxy) is 2. The van der Waals surface area contributed by atoms with Crippen LogP contribution in [0.3, 0.4) is 0 Å². The van der Waals surface area contributed by atoms with Gasteiger partial charge in [-0.3, -0.25) is 14.5 Å². The molecule has 1 atom stereocenters. The largest absolute Gasteiger partial charge is 0.493 e. The molecule has 2 N–H and O–H groups in total. The van der Waals surface area contributed by atoms with Gasteiger partial charge in [-0.15, -0.1) is 0 Å². The van der Waals surface area contributed by atoms with Gasteiger partial charge in [-0.05, 0) is 29.8 Å². The van der Waals surface area contributed by atoms with Gasteiger partial charge in [0.2, 0.25) is 5.91 Å². The lowest BCUT2D eigenvalue weighted by Gasteiger charge is -2.15. The molecule has 2 heterocycles. The Bertz CT molecular complexity index is 880. The van der Waals surface area contributed by atoms with Crippen LogP contribution in [0.5, 0.6) is 11.5 Å². The number of carbonyl (C=O) groups excluding carboxylic acids is 3. The number of amides is 4. The molecule has 0 bridgehead atoms. The minimum atomic E-state index is -0.883. The Morgan fingerprint density at radius 1 is 1.21 bits per heavy atom. The number of benzene rings is 1. The maximum atomic E-state index is 12.6. The summed E-state index contributed by atoms with van der Waals surface area (Å²) >= 11 is 0. The predicted octanol–water partition coefficient (Wildman–Crippen LogP) is 1.47. The zero-order valence-corrected chi connectivity index (χ0v) is 16.3. The van der Waals surface area contributed by atoms with Crippen molar-refractivity contribution >= 4 is 17.8 Å². The number of imide groups is 1. The number of nitrogens with one attached hydrogen (secondary N) is 2. The number of hydrogen-bond donors (Lipinski definition) is 2. The molecule has 29 heavy (non-hydrogen) atoms. The van der Waals surface area contributed by atoms with Crippen LogP contribution in [0.1, 0.15) is 17.7 Å². The number of carbonyl (C=O) groups is 3. The smallest absolute Gasteiger partial charge is 0.325 e. The average Bonchev–Trinajstić information content (AvgIpc) is 3.32. The van der Waals surface area contributed by atoms with Gasteiger partial charge in [0.25, 0.3) is 5.91 Å². The van der Waals surface area contributed by atoms with Crippen molar-refractivity contribution in [1.82, 2.24) is 15.5 Å². The number of methoxy groups -OCH3 is 2. The molecule has 9 heteroatoms. The molecule has 3 rings (SSSR count). The van der Waals surface area contributed by atoms with E-state index in [9.17, 15) is 14.4 Å². The Balaban J connectivity index is 1.54. The maximum absolute atomic E-state index is 12.6. The highest BCUT2D eigenvalue weighted by Crippen LogP contribution is 2.28. The van der Waals surface area contributed by atoms with E-state index in [1.165, 1.54) is 14.2 Å². The molecule has 0 aliphatic carbocycles. The molecule has 1 saturated heterocycles. The van der Waals surface area contributed by atoms with E-state index < -0.39 is 18.0 Å². The third kappa shape index (κ3) is 4.87. The summed E-state index contributed by atoms with van der Waals surface area (Å²) < 4.78 is 15.6. The molecule has 154 valence electrons. The van der Waals surface area contributed by atoms with E-state index in [0.717, 1.165) is 10.7 Å². The highest BCUT2D eigenvalue weighted by atomic mass is 16.5. The molecule has 2 aromatic rings. The van der Waals surface area contributed by atoms with Crippen LogP contribution in [-0.4, -0.2) is 49.6 Å². The fourth-order valence-electron chi connectivity index (χ4n) is 3.06. The van der Waals surface area contributed by atoms with Gasteiger partial charge in [-0.2, -0.15) is 0 Å². The van der Waals surface area contributed by atoms with Crippen LogP contribution < -0.4 is 20.1 Å². The number of hydrogen-bond acceptors (Lipinski definition) is 6. The number of furan rings is 1. The molecule has 1 aliphatic rings. The summed E-state index contributed by atoms with van der Waals surface area (Å²) in [5.74, 6) is 1.06. The third-order valence-corrected chi connectivity index (χ3v) is 4.56. The van der Waals surface area contributed by atoms with Crippen LogP contribution in [0.15, 0.2) is 41.0 Å². The molecule has 1 aromatic carbocycles. The van der Waals surface area contributed by atoms with Crippen LogP contribution in [0.25, 0.3) is 0 Å². The fraction of sp³-hybridized carbons (Fsp3) is 0.350. The summed E-state index contributed by atoms with van der Waals surface area (Å²) in [7, 11) is 3.04. The van der Waals surface area contributed by atoms with Gasteiger partial charge in [0.1, 0.15) is 11.8 Å². The lowest BCUT2D eigenvalue weighted by Crippen LogP contribution is -2.37. The van der Waals surface area contributed by atoms with Crippen molar-refractivity contribution in [1.29, 1.82) is 0 Å². The Kier molecular flexibility index (Phi) is 6.38. The zero-order chi connectivity index (χ0) is 20.8. The van der Waals surface area contributed by atoms with E-state index in [1.807, 2.05) is 6.07 Å². The van der Waals surface area contributed by atoms with Crippen molar-refractivity contribution in [2.45, 2.75) is 25.4 Å². The summed E-state index contributed by atoms with van der Waals surface area (Å²) in [5.41, 5.74) is 0.703. The van der Waals surface area contributed by atoms with Gasteiger partial charge in [-0.1, -0.05) is 6.07 Å². The van der Waals surface area contributed by atoms with Crippen LogP contribution in [0.2, 0.25) is 0 Å². The second-order valence-electron chi connectivity index (χ2n) is 6.50. The van der Waals surface area contributed by atoms with E-state index in [2.05, 4.69) is 10.6 Å². The maximum Gasteiger partial charge on any atom is 0.325 e. The fourth-order valence-corrected chi connectivity index (χ4v) is 3.06. The molecule has 1 aromatic heterocycles. The summed E-state index contributed by atoms with van der Waals surface area (Å²) in [4.78, 5) is 38.0. The van der Waals surface area contributed by atoms with E-state index >= 15 is 0 Å². The zero-order valence-electron chi connectivity index (χ0n) is 16.3. The molecule has 0 unspecified atom stereocenters. The number of urea groups is 1. The third-order valence-electron chi connectivity index (χ3n) is 4.56. The summed E-state index contributed by atoms with van der Waals surface area (Å²) in [6.45, 7) is 0.457. The Hall–Kier alpha value is -3.49. The predicted molar refractivity (Wildman–Crippen MR) is 102 cm³/mol. The van der Waals surface area contributed by atoms with Crippen molar-refractivity contribution in [2.24, 2.45) is 0 Å². The van der Waals surface area contributed by atoms with Crippen molar-refractivity contribution in [3.8, 4) is 11.5 Å². The molecule has 9 nitrogen and oxygen atoms in total. The van der Waals surface area contributed by atoms with Gasteiger partial charge < -0.3 is 24.5 Å². The standard InChI is InChI=1S/C20H23N3O6/c1-27-16-6-5-13(10-17(16)28-2)12-23-19(25)15(22-20(23)26)11-18(24)21-8-7-14-4-3-9-29-14/h3-6,9-10,15H,7-8,11-12H2,1-2H3,(H,21,24)(H,22,26)/t15-/m1/s1. The van der Waals surface area contributed by atoms with E-state index in [-0.39, 0.29) is 18.9 Å². The molecular weight excluding hydrogens is 378 g/mol. The second-order valence-corrected chi connectivity index (χ2v) is 6.50. The summed E-state index contributed by atoms with van der Waals surface area (Å²) in [6, 6.07) is 7.33. The van der Waals surface area contributed by atoms with Crippen LogP contribution in [0.4, 0.5) is 4.79 Å². The van der Waals surface area contributed by atoms with Gasteiger partial charge >= 0.3 is 6.03 Å². The van der Waals surface area contributed by atoms with Gasteiger partial charge in [0.15, 0.2) is 11.5 Å². The minimum absolute atomic E-state index is 0.0711. The number of rotatable bonds is 9. The second kappa shape index (κ2) is 9.13. The average molecular weight is 401 g/mol. The first-order valence-corrected chi connectivity index (χ1v) is 9.13. The highest BCUT2D eigenvalue weighted by Gasteiger charge is 2.39. The van der Waals surface area contributed by atoms with Crippen LogP contribution >= 0.6 is 0 Å². The quantitative estimate of drug-likeness (QED) is 0.616. The lowest BCUT2D eigenvalue weighted by atomic mass is 10.1. The van der Waals surface area contributed by atoms with Crippen LogP contribution in [0, 0.1) is 0 Å². The van der Waals surface area contributed by atoms with E-state index in [4.69, 9.17) is 13.9 Å². The molecule has 1 fully saturated rings. The van der Waals surface area contributed by atoms with Crippen molar-refractivity contribution < 1.29 is 28.3 Å². The Morgan fingerprint density at radius 2 is 2.00 bits per heavy atom. The van der Waals surface area contributed by atoms with E-state index in [0.29, 0.717) is 30.0 Å². The van der Waals surface area contributed by atoms with Gasteiger partial charge in [-0.25, -0.2) is 4.79 Å². The highest BCUT2D eigenvalue weighted by molar-refractivity contribution is 6.05. The monoisotopic (exact) mass is 401 g/mol. The Morgan fingerprint density at radius 3 is 2.69 bits per heavy atom. The first kappa shape index (κ1) is 20.2. The van der Waals surface area contributed by atoms with E-state index in [1.54, 1.807) is 30.5 Å². The van der Waals surface area contributed by atoms with Crippen molar-refractivity contribution in [3.05, 3.63) is 47.9 Å². The molecule has 4 amide bonds. The minimum Gasteiger partial charge on any atom is -0.493 e. The van der Waals surface area contributed by atoms with Gasteiger partial charge in [0.05, 0.1) is 33.4 Å². The topological polar surface area (TPSA) is 110 Å². The molecule has 1 aliphatic heterocycles. The normalized spacial score (nSPS) is 15.9. The van der Waals surface area contributed by atoms with Crippen molar-refractivity contribution in [2.75, 3.05) is 20.8 Å². The SMILES string of the molecule is COc1ccc(CN2C(=O)N[C@H](CC(=O)NCCc3ccco3)C2=O)cc1OC. The first-order chi connectivity index (χ1) is 14.0. The summed E-state index contributed by atoms with van der Waals surface area (Å²) in [6.07, 6.45) is 2.00. The lowest BCUT2D eigenvalue weighted by molar-refractivity contribution is -0.131. The summed E-state index contributed by atoms with van der Waals surface area (Å²) in [5, 5.41) is 5.29. The van der Waals surface area contributed by atoms with Crippen LogP contribution in [-0.2, 0) is 22.6 Å². The van der Waals surface area contributed by atoms with Gasteiger partial charge in [0, 0.05) is 13.0 Å². The Labute approximate surface area is 167 Å². The first-order valence-electron chi connectivity index (χ1n) is 9.13. The molecule has 0 saturated carbocycles. The number of nitrogens with zero attached hydrogens (tertiary/aromatic N) is 1.